The number of benzene rings is 4. The van der Waals surface area contributed by atoms with Crippen LogP contribution in [-0.2, 0) is 9.47 Å². The van der Waals surface area contributed by atoms with Crippen molar-refractivity contribution in [2.24, 2.45) is 0 Å². The largest absolute Gasteiger partial charge is 0.444 e. The number of imidazole rings is 1. The number of amides is 2. The van der Waals surface area contributed by atoms with E-state index in [0.29, 0.717) is 13.1 Å². The topological polar surface area (TPSA) is 112 Å². The van der Waals surface area contributed by atoms with E-state index in [1.165, 1.54) is 0 Å². The molecule has 2 fully saturated rings. The summed E-state index contributed by atoms with van der Waals surface area (Å²) in [7, 11) is 0. The van der Waals surface area contributed by atoms with E-state index in [-0.39, 0.29) is 30.4 Å². The molecule has 4 aromatic carbocycles. The van der Waals surface area contributed by atoms with Gasteiger partial charge < -0.3 is 30.0 Å². The first-order chi connectivity index (χ1) is 24.8. The smallest absolute Gasteiger partial charge is 0.410 e. The van der Waals surface area contributed by atoms with Crippen LogP contribution in [0.3, 0.4) is 0 Å². The quantitative estimate of drug-likeness (QED) is 0.171. The van der Waals surface area contributed by atoms with Gasteiger partial charge in [-0.25, -0.2) is 14.6 Å². The minimum Gasteiger partial charge on any atom is -0.444 e. The molecule has 3 N–H and O–H groups in total. The van der Waals surface area contributed by atoms with Crippen LogP contribution in [0.5, 0.6) is 0 Å². The highest BCUT2D eigenvalue weighted by Crippen LogP contribution is 2.41. The summed E-state index contributed by atoms with van der Waals surface area (Å²) in [5.41, 5.74) is 7.39. The fraction of sp³-hybridized carbons (Fsp3) is 0.405. The standard InChI is InChI=1S/C42H48N6O4/c1-41(2,3)51-39(49)47-21-7-9-34(47)37-43-31-19-16-28(24-33(31)45-37)26-13-11-25(12-14-26)27-15-18-30-29(23-27)17-20-32-36(30)46-38(44-32)35-10-8-22-48(35)40(50)52-42(4,5)6/h11-20,23-24,34-35,38,44,46H,7-10,21-22H2,1-6H3,(H,43,45)/t34-,35-,38?/m0/s1. The number of carbonyl (C=O) groups excluding carboxylic acids is 2. The molecule has 3 aliphatic heterocycles. The van der Waals surface area contributed by atoms with Crippen LogP contribution in [0.1, 0.15) is 79.1 Å². The molecule has 10 heteroatoms. The molecule has 0 radical (unpaired) electrons. The number of carbonyl (C=O) groups is 2. The number of hydrogen-bond acceptors (Lipinski definition) is 7. The molecule has 3 aliphatic rings. The molecule has 2 amide bonds. The second-order valence-corrected chi connectivity index (χ2v) is 16.3. The van der Waals surface area contributed by atoms with Gasteiger partial charge >= 0.3 is 12.2 Å². The van der Waals surface area contributed by atoms with Crippen LogP contribution in [0.15, 0.2) is 72.8 Å². The average Bonchev–Trinajstić information content (AvgIpc) is 3.91. The lowest BCUT2D eigenvalue weighted by atomic mass is 9.97. The summed E-state index contributed by atoms with van der Waals surface area (Å²) in [6.45, 7) is 12.8. The number of hydrogen-bond donors (Lipinski definition) is 3. The summed E-state index contributed by atoms with van der Waals surface area (Å²) in [5, 5.41) is 9.64. The molecular weight excluding hydrogens is 652 g/mol. The van der Waals surface area contributed by atoms with Gasteiger partial charge in [0.15, 0.2) is 0 Å². The van der Waals surface area contributed by atoms with Crippen LogP contribution in [-0.4, -0.2) is 68.5 Å². The number of nitrogens with one attached hydrogen (secondary N) is 3. The number of aromatic amines is 1. The average molecular weight is 701 g/mol. The molecule has 270 valence electrons. The Morgan fingerprint density at radius 2 is 1.33 bits per heavy atom. The highest BCUT2D eigenvalue weighted by atomic mass is 16.6. The third kappa shape index (κ3) is 6.62. The van der Waals surface area contributed by atoms with E-state index in [1.54, 1.807) is 4.90 Å². The van der Waals surface area contributed by atoms with Crippen LogP contribution in [0.4, 0.5) is 21.0 Å². The van der Waals surface area contributed by atoms with E-state index in [0.717, 1.165) is 86.9 Å². The zero-order valence-corrected chi connectivity index (χ0v) is 30.9. The van der Waals surface area contributed by atoms with Crippen molar-refractivity contribution < 1.29 is 19.1 Å². The number of ether oxygens (including phenoxy) is 2. The predicted octanol–water partition coefficient (Wildman–Crippen LogP) is 9.69. The van der Waals surface area contributed by atoms with Crippen molar-refractivity contribution in [2.75, 3.05) is 23.7 Å². The number of rotatable bonds is 4. The summed E-state index contributed by atoms with van der Waals surface area (Å²) >= 11 is 0. The molecule has 0 aliphatic carbocycles. The van der Waals surface area contributed by atoms with Gasteiger partial charge in [0, 0.05) is 18.5 Å². The van der Waals surface area contributed by atoms with Crippen LogP contribution >= 0.6 is 0 Å². The monoisotopic (exact) mass is 700 g/mol. The third-order valence-electron chi connectivity index (χ3n) is 10.2. The molecule has 3 atom stereocenters. The Labute approximate surface area is 304 Å². The Kier molecular flexibility index (Phi) is 8.31. The van der Waals surface area contributed by atoms with Gasteiger partial charge in [0.1, 0.15) is 23.2 Å². The van der Waals surface area contributed by atoms with Crippen molar-refractivity contribution in [1.82, 2.24) is 19.8 Å². The van der Waals surface area contributed by atoms with E-state index >= 15 is 0 Å². The summed E-state index contributed by atoms with van der Waals surface area (Å²) < 4.78 is 11.4. The van der Waals surface area contributed by atoms with E-state index < -0.39 is 11.2 Å². The molecule has 52 heavy (non-hydrogen) atoms. The highest BCUT2D eigenvalue weighted by Gasteiger charge is 2.40. The summed E-state index contributed by atoms with van der Waals surface area (Å²) in [6, 6.07) is 25.7. The van der Waals surface area contributed by atoms with Crippen molar-refractivity contribution in [3.8, 4) is 22.3 Å². The van der Waals surface area contributed by atoms with Crippen molar-refractivity contribution in [3.63, 3.8) is 0 Å². The number of anilines is 2. The van der Waals surface area contributed by atoms with Crippen molar-refractivity contribution >= 4 is 45.4 Å². The number of likely N-dealkylation sites (tertiary alicyclic amines) is 2. The van der Waals surface area contributed by atoms with Gasteiger partial charge in [-0.15, -0.1) is 0 Å². The molecule has 0 bridgehead atoms. The Morgan fingerprint density at radius 3 is 2.04 bits per heavy atom. The molecule has 0 saturated carbocycles. The van der Waals surface area contributed by atoms with Gasteiger partial charge in [-0.1, -0.05) is 48.5 Å². The van der Waals surface area contributed by atoms with Crippen LogP contribution < -0.4 is 10.6 Å². The Bertz CT molecular complexity index is 2160. The molecular formula is C42H48N6O4. The molecule has 5 aromatic rings. The number of aromatic nitrogens is 2. The first-order valence-corrected chi connectivity index (χ1v) is 18.5. The first kappa shape index (κ1) is 33.9. The summed E-state index contributed by atoms with van der Waals surface area (Å²) in [4.78, 5) is 37.9. The molecule has 2 saturated heterocycles. The SMILES string of the molecule is CC(C)(C)OC(=O)N1CCC[C@H]1c1nc2ccc(-c3ccc(-c4ccc5c6c(ccc5c4)NC([C@@H]4CCCN4C(=O)OC(C)(C)C)N6)cc3)cc2[nH]1. The van der Waals surface area contributed by atoms with Crippen LogP contribution in [0.25, 0.3) is 44.1 Å². The normalized spacial score (nSPS) is 20.2. The second kappa shape index (κ2) is 12.8. The second-order valence-electron chi connectivity index (χ2n) is 16.3. The predicted molar refractivity (Wildman–Crippen MR) is 206 cm³/mol. The lowest BCUT2D eigenvalue weighted by Gasteiger charge is -2.31. The van der Waals surface area contributed by atoms with Gasteiger partial charge in [-0.2, -0.15) is 0 Å². The lowest BCUT2D eigenvalue weighted by Crippen LogP contribution is -2.49. The van der Waals surface area contributed by atoms with Gasteiger partial charge in [-0.3, -0.25) is 4.90 Å². The zero-order chi connectivity index (χ0) is 36.4. The molecule has 10 nitrogen and oxygen atoms in total. The van der Waals surface area contributed by atoms with E-state index in [9.17, 15) is 9.59 Å². The maximum absolute atomic E-state index is 13.0. The maximum Gasteiger partial charge on any atom is 0.410 e. The molecule has 4 heterocycles. The lowest BCUT2D eigenvalue weighted by molar-refractivity contribution is 0.0208. The van der Waals surface area contributed by atoms with E-state index in [4.69, 9.17) is 14.5 Å². The Hall–Kier alpha value is -5.25. The minimum atomic E-state index is -0.541. The Morgan fingerprint density at radius 1 is 0.712 bits per heavy atom. The number of fused-ring (bicyclic) bond motifs is 4. The van der Waals surface area contributed by atoms with Crippen LogP contribution in [0.2, 0.25) is 0 Å². The summed E-state index contributed by atoms with van der Waals surface area (Å²) in [5.74, 6) is 0.801. The minimum absolute atomic E-state index is 0.00735. The van der Waals surface area contributed by atoms with Gasteiger partial charge in [0.05, 0.1) is 34.5 Å². The summed E-state index contributed by atoms with van der Waals surface area (Å²) in [6.07, 6.45) is 3.03. The van der Waals surface area contributed by atoms with Crippen molar-refractivity contribution in [2.45, 2.75) is 96.7 Å². The third-order valence-corrected chi connectivity index (χ3v) is 10.2. The fourth-order valence-corrected chi connectivity index (χ4v) is 7.83. The molecule has 8 rings (SSSR count). The van der Waals surface area contributed by atoms with Crippen LogP contribution in [0, 0.1) is 0 Å². The van der Waals surface area contributed by atoms with Gasteiger partial charge in [0.25, 0.3) is 0 Å². The number of H-pyrrole nitrogens is 1. The molecule has 0 spiro atoms. The van der Waals surface area contributed by atoms with Gasteiger partial charge in [0.2, 0.25) is 0 Å². The van der Waals surface area contributed by atoms with Crippen molar-refractivity contribution in [1.29, 1.82) is 0 Å². The van der Waals surface area contributed by atoms with Gasteiger partial charge in [-0.05, 0) is 119 Å². The highest BCUT2D eigenvalue weighted by molar-refractivity contribution is 6.03. The van der Waals surface area contributed by atoms with Crippen molar-refractivity contribution in [3.05, 3.63) is 78.6 Å². The Balaban J connectivity index is 0.976. The number of nitrogens with zero attached hydrogens (tertiary/aromatic N) is 3. The zero-order valence-electron chi connectivity index (χ0n) is 30.9. The maximum atomic E-state index is 13.0. The fourth-order valence-electron chi connectivity index (χ4n) is 7.83. The van der Waals surface area contributed by atoms with E-state index in [2.05, 4.69) is 82.3 Å². The molecule has 1 aromatic heterocycles. The molecule has 1 unspecified atom stereocenters. The first-order valence-electron chi connectivity index (χ1n) is 18.5. The van der Waals surface area contributed by atoms with E-state index in [1.807, 2.05) is 52.5 Å².